The van der Waals surface area contributed by atoms with E-state index in [4.69, 9.17) is 23.2 Å². The summed E-state index contributed by atoms with van der Waals surface area (Å²) in [5.74, 6) is -0.406. The molecular weight excluding hydrogens is 284 g/mol. The maximum absolute atomic E-state index is 13.1. The number of rotatable bonds is 3. The fourth-order valence-corrected chi connectivity index (χ4v) is 2.21. The molecule has 1 nitrogen and oxygen atoms in total. The molecule has 19 heavy (non-hydrogen) atoms. The highest BCUT2D eigenvalue weighted by Crippen LogP contribution is 2.27. The fourth-order valence-electron chi connectivity index (χ4n) is 1.85. The van der Waals surface area contributed by atoms with Crippen LogP contribution in [0.25, 0.3) is 0 Å². The summed E-state index contributed by atoms with van der Waals surface area (Å²) in [4.78, 5) is 0. The minimum atomic E-state index is -0.406. The number of aryl methyl sites for hydroxylation is 1. The first-order valence-corrected chi connectivity index (χ1v) is 6.70. The van der Waals surface area contributed by atoms with E-state index in [1.807, 2.05) is 32.0 Å². The van der Waals surface area contributed by atoms with Gasteiger partial charge in [-0.05, 0) is 49.2 Å². The molecule has 0 aliphatic heterocycles. The Labute approximate surface area is 122 Å². The number of halogens is 3. The van der Waals surface area contributed by atoms with Crippen molar-refractivity contribution in [2.75, 3.05) is 5.32 Å². The topological polar surface area (TPSA) is 12.0 Å². The molecule has 2 rings (SSSR count). The third-order valence-electron chi connectivity index (χ3n) is 3.02. The van der Waals surface area contributed by atoms with Gasteiger partial charge in [-0.15, -0.1) is 0 Å². The molecule has 1 atom stereocenters. The van der Waals surface area contributed by atoms with Crippen LogP contribution >= 0.6 is 23.2 Å². The van der Waals surface area contributed by atoms with Gasteiger partial charge >= 0.3 is 0 Å². The van der Waals surface area contributed by atoms with Gasteiger partial charge in [-0.2, -0.15) is 0 Å². The molecule has 0 aliphatic carbocycles. The van der Waals surface area contributed by atoms with Gasteiger partial charge in [0.05, 0.1) is 5.02 Å². The average Bonchev–Trinajstić information content (AvgIpc) is 2.37. The van der Waals surface area contributed by atoms with Gasteiger partial charge in [0.15, 0.2) is 0 Å². The van der Waals surface area contributed by atoms with Crippen LogP contribution in [0.5, 0.6) is 0 Å². The summed E-state index contributed by atoms with van der Waals surface area (Å²) in [6, 6.07) is 10.4. The van der Waals surface area contributed by atoms with Crippen LogP contribution in [0.2, 0.25) is 10.0 Å². The minimum Gasteiger partial charge on any atom is -0.378 e. The van der Waals surface area contributed by atoms with E-state index in [2.05, 4.69) is 5.32 Å². The van der Waals surface area contributed by atoms with Crippen LogP contribution < -0.4 is 5.32 Å². The average molecular weight is 298 g/mol. The molecule has 1 unspecified atom stereocenters. The molecule has 0 fully saturated rings. The van der Waals surface area contributed by atoms with E-state index in [0.29, 0.717) is 5.02 Å². The summed E-state index contributed by atoms with van der Waals surface area (Å²) in [6.45, 7) is 3.99. The quantitative estimate of drug-likeness (QED) is 0.776. The largest absolute Gasteiger partial charge is 0.378 e. The highest BCUT2D eigenvalue weighted by atomic mass is 35.5. The van der Waals surface area contributed by atoms with E-state index >= 15 is 0 Å². The van der Waals surface area contributed by atoms with Crippen molar-refractivity contribution < 1.29 is 4.39 Å². The van der Waals surface area contributed by atoms with Crippen molar-refractivity contribution in [2.45, 2.75) is 19.9 Å². The molecule has 0 saturated carbocycles. The first-order chi connectivity index (χ1) is 8.97. The van der Waals surface area contributed by atoms with Gasteiger partial charge in [0, 0.05) is 16.8 Å². The molecular formula is C15H14Cl2FN. The van der Waals surface area contributed by atoms with Crippen LogP contribution in [0.4, 0.5) is 10.1 Å². The lowest BCUT2D eigenvalue weighted by atomic mass is 10.1. The number of anilines is 1. The van der Waals surface area contributed by atoms with Crippen molar-refractivity contribution in [1.82, 2.24) is 0 Å². The minimum absolute atomic E-state index is 0.00951. The van der Waals surface area contributed by atoms with Gasteiger partial charge in [-0.25, -0.2) is 4.39 Å². The normalized spacial score (nSPS) is 12.3. The number of hydrogen-bond acceptors (Lipinski definition) is 1. The van der Waals surface area contributed by atoms with Crippen LogP contribution in [0, 0.1) is 12.7 Å². The lowest BCUT2D eigenvalue weighted by Crippen LogP contribution is -2.07. The zero-order valence-corrected chi connectivity index (χ0v) is 12.2. The molecule has 0 bridgehead atoms. The summed E-state index contributed by atoms with van der Waals surface area (Å²) >= 11 is 11.8. The maximum Gasteiger partial charge on any atom is 0.141 e. The van der Waals surface area contributed by atoms with Crippen LogP contribution in [-0.2, 0) is 0 Å². The van der Waals surface area contributed by atoms with E-state index < -0.39 is 5.82 Å². The van der Waals surface area contributed by atoms with Crippen LogP contribution in [0.1, 0.15) is 24.1 Å². The van der Waals surface area contributed by atoms with Crippen molar-refractivity contribution in [1.29, 1.82) is 0 Å². The van der Waals surface area contributed by atoms with E-state index in [1.54, 1.807) is 12.1 Å². The molecule has 0 spiro atoms. The Morgan fingerprint density at radius 1 is 1.11 bits per heavy atom. The molecule has 2 aromatic carbocycles. The standard InChI is InChI=1S/C15H14Cl2FN/c1-9-3-5-12(16)8-15(9)19-10(2)11-4-6-14(18)13(17)7-11/h3-8,10,19H,1-2H3. The number of hydrogen-bond donors (Lipinski definition) is 1. The molecule has 0 aliphatic rings. The zero-order valence-electron chi connectivity index (χ0n) is 10.7. The Bertz CT molecular complexity index is 599. The predicted octanol–water partition coefficient (Wildman–Crippen LogP) is 5.61. The van der Waals surface area contributed by atoms with Crippen molar-refractivity contribution in [3.8, 4) is 0 Å². The maximum atomic E-state index is 13.1. The Morgan fingerprint density at radius 3 is 2.53 bits per heavy atom. The molecule has 1 N–H and O–H groups in total. The van der Waals surface area contributed by atoms with Crippen molar-refractivity contribution >= 4 is 28.9 Å². The third-order valence-corrected chi connectivity index (χ3v) is 3.54. The van der Waals surface area contributed by atoms with E-state index in [9.17, 15) is 4.39 Å². The van der Waals surface area contributed by atoms with Gasteiger partial charge < -0.3 is 5.32 Å². The van der Waals surface area contributed by atoms with Crippen LogP contribution in [0.3, 0.4) is 0 Å². The van der Waals surface area contributed by atoms with Crippen molar-refractivity contribution in [2.24, 2.45) is 0 Å². The molecule has 0 saturated heterocycles. The number of benzene rings is 2. The van der Waals surface area contributed by atoms with Gasteiger partial charge in [-0.3, -0.25) is 0 Å². The molecule has 0 aromatic heterocycles. The molecule has 0 heterocycles. The Balaban J connectivity index is 2.22. The summed E-state index contributed by atoms with van der Waals surface area (Å²) in [5.41, 5.74) is 2.98. The smallest absolute Gasteiger partial charge is 0.141 e. The van der Waals surface area contributed by atoms with Gasteiger partial charge in [-0.1, -0.05) is 35.3 Å². The second-order valence-electron chi connectivity index (χ2n) is 4.50. The predicted molar refractivity (Wildman–Crippen MR) is 79.6 cm³/mol. The second-order valence-corrected chi connectivity index (χ2v) is 5.34. The lowest BCUT2D eigenvalue weighted by Gasteiger charge is -2.18. The summed E-state index contributed by atoms with van der Waals surface area (Å²) in [6.07, 6.45) is 0. The second kappa shape index (κ2) is 5.81. The molecule has 2 aromatic rings. The van der Waals surface area contributed by atoms with E-state index in [-0.39, 0.29) is 11.1 Å². The molecule has 4 heteroatoms. The van der Waals surface area contributed by atoms with Gasteiger partial charge in [0.1, 0.15) is 5.82 Å². The fraction of sp³-hybridized carbons (Fsp3) is 0.200. The molecule has 100 valence electrons. The first kappa shape index (κ1) is 14.2. The molecule has 0 amide bonds. The van der Waals surface area contributed by atoms with Crippen molar-refractivity contribution in [3.05, 3.63) is 63.4 Å². The highest BCUT2D eigenvalue weighted by Gasteiger charge is 2.09. The Hall–Kier alpha value is -1.25. The molecule has 0 radical (unpaired) electrons. The van der Waals surface area contributed by atoms with E-state index in [1.165, 1.54) is 6.07 Å². The zero-order chi connectivity index (χ0) is 14.0. The van der Waals surface area contributed by atoms with E-state index in [0.717, 1.165) is 16.8 Å². The van der Waals surface area contributed by atoms with Crippen molar-refractivity contribution in [3.63, 3.8) is 0 Å². The first-order valence-electron chi connectivity index (χ1n) is 5.95. The number of nitrogens with one attached hydrogen (secondary N) is 1. The van der Waals surface area contributed by atoms with Crippen LogP contribution in [-0.4, -0.2) is 0 Å². The summed E-state index contributed by atoms with van der Waals surface area (Å²) < 4.78 is 13.1. The monoisotopic (exact) mass is 297 g/mol. The van der Waals surface area contributed by atoms with Gasteiger partial charge in [0.25, 0.3) is 0 Å². The summed E-state index contributed by atoms with van der Waals surface area (Å²) in [7, 11) is 0. The lowest BCUT2D eigenvalue weighted by molar-refractivity contribution is 0.627. The van der Waals surface area contributed by atoms with Crippen LogP contribution in [0.15, 0.2) is 36.4 Å². The Morgan fingerprint density at radius 2 is 1.84 bits per heavy atom. The summed E-state index contributed by atoms with van der Waals surface area (Å²) in [5, 5.41) is 4.16. The third kappa shape index (κ3) is 3.40. The SMILES string of the molecule is Cc1ccc(Cl)cc1NC(C)c1ccc(F)c(Cl)c1. The highest BCUT2D eigenvalue weighted by molar-refractivity contribution is 6.31. The van der Waals surface area contributed by atoms with Gasteiger partial charge in [0.2, 0.25) is 0 Å². The Kier molecular flexibility index (Phi) is 4.33.